The number of aromatic nitrogens is 1. The van der Waals surface area contributed by atoms with E-state index >= 15 is 0 Å². The van der Waals surface area contributed by atoms with Crippen LogP contribution in [0.25, 0.3) is 10.9 Å². The van der Waals surface area contributed by atoms with E-state index in [0.717, 1.165) is 22.0 Å². The van der Waals surface area contributed by atoms with E-state index in [9.17, 15) is 0 Å². The van der Waals surface area contributed by atoms with Gasteiger partial charge in [-0.3, -0.25) is 10.8 Å². The number of rotatable bonds is 3. The Morgan fingerprint density at radius 1 is 1.61 bits per heavy atom. The lowest BCUT2D eigenvalue weighted by atomic mass is 10.1. The zero-order valence-corrected chi connectivity index (χ0v) is 10.7. The Labute approximate surface area is 109 Å². The zero-order valence-electron chi connectivity index (χ0n) is 9.90. The predicted molar refractivity (Wildman–Crippen MR) is 76.2 cm³/mol. The van der Waals surface area contributed by atoms with Crippen LogP contribution in [0.1, 0.15) is 11.1 Å². The van der Waals surface area contributed by atoms with Crippen LogP contribution >= 0.6 is 11.8 Å². The first-order valence-electron chi connectivity index (χ1n) is 5.37. The maximum atomic E-state index is 9.12. The molecule has 1 aromatic heterocycles. The first-order chi connectivity index (χ1) is 8.74. The molecule has 0 spiro atoms. The number of hydrazone groups is 1. The summed E-state index contributed by atoms with van der Waals surface area (Å²) < 4.78 is 0. The van der Waals surface area contributed by atoms with E-state index in [1.807, 2.05) is 30.7 Å². The van der Waals surface area contributed by atoms with E-state index in [4.69, 9.17) is 10.5 Å². The van der Waals surface area contributed by atoms with Gasteiger partial charge in [0.1, 0.15) is 0 Å². The second-order valence-electron chi connectivity index (χ2n) is 3.69. The van der Waals surface area contributed by atoms with Crippen molar-refractivity contribution in [3.63, 3.8) is 0 Å². The van der Waals surface area contributed by atoms with Crippen LogP contribution in [0.15, 0.2) is 29.5 Å². The minimum atomic E-state index is 0.0209. The number of hydrogen-bond acceptors (Lipinski definition) is 4. The third-order valence-corrected chi connectivity index (χ3v) is 3.03. The van der Waals surface area contributed by atoms with Crippen LogP contribution in [0, 0.1) is 5.41 Å². The van der Waals surface area contributed by atoms with Crippen LogP contribution < -0.4 is 5.43 Å². The SMILES string of the molecule is CSC(=N)N/N=C/c1c[nH]c2ccc(CO)cc12. The molecule has 1 aromatic carbocycles. The molecule has 0 bridgehead atoms. The van der Waals surface area contributed by atoms with Gasteiger partial charge in [-0.1, -0.05) is 17.8 Å². The smallest absolute Gasteiger partial charge is 0.174 e. The fourth-order valence-electron chi connectivity index (χ4n) is 1.60. The van der Waals surface area contributed by atoms with Gasteiger partial charge < -0.3 is 10.1 Å². The summed E-state index contributed by atoms with van der Waals surface area (Å²) in [7, 11) is 0. The van der Waals surface area contributed by atoms with Crippen LogP contribution in [-0.2, 0) is 6.61 Å². The topological polar surface area (TPSA) is 84.3 Å². The molecule has 0 saturated carbocycles. The van der Waals surface area contributed by atoms with Crippen molar-refractivity contribution in [1.29, 1.82) is 5.41 Å². The van der Waals surface area contributed by atoms with Crippen LogP contribution in [0.2, 0.25) is 0 Å². The molecule has 0 amide bonds. The van der Waals surface area contributed by atoms with Crippen LogP contribution in [0.4, 0.5) is 0 Å². The molecule has 0 aliphatic rings. The maximum absolute atomic E-state index is 9.12. The van der Waals surface area contributed by atoms with E-state index in [2.05, 4.69) is 15.5 Å². The lowest BCUT2D eigenvalue weighted by Crippen LogP contribution is -2.11. The van der Waals surface area contributed by atoms with Crippen LogP contribution in [0.3, 0.4) is 0 Å². The first-order valence-corrected chi connectivity index (χ1v) is 6.59. The Kier molecular flexibility index (Phi) is 4.01. The molecule has 18 heavy (non-hydrogen) atoms. The van der Waals surface area contributed by atoms with E-state index in [1.54, 1.807) is 6.21 Å². The number of nitrogens with zero attached hydrogens (tertiary/aromatic N) is 1. The summed E-state index contributed by atoms with van der Waals surface area (Å²) in [5, 5.41) is 21.8. The highest BCUT2D eigenvalue weighted by atomic mass is 32.2. The predicted octanol–water partition coefficient (Wildman–Crippen LogP) is 1.88. The van der Waals surface area contributed by atoms with Crippen molar-refractivity contribution in [3.8, 4) is 0 Å². The van der Waals surface area contributed by atoms with Crippen LogP contribution in [-0.4, -0.2) is 27.7 Å². The molecule has 4 N–H and O–H groups in total. The van der Waals surface area contributed by atoms with Gasteiger partial charge >= 0.3 is 0 Å². The Morgan fingerprint density at radius 3 is 3.17 bits per heavy atom. The maximum Gasteiger partial charge on any atom is 0.174 e. The quantitative estimate of drug-likeness (QED) is 0.387. The molecule has 0 radical (unpaired) electrons. The lowest BCUT2D eigenvalue weighted by molar-refractivity contribution is 0.282. The largest absolute Gasteiger partial charge is 0.392 e. The number of hydrogen-bond donors (Lipinski definition) is 4. The van der Waals surface area contributed by atoms with Gasteiger partial charge in [0, 0.05) is 22.7 Å². The molecule has 0 aliphatic carbocycles. The average molecular weight is 262 g/mol. The summed E-state index contributed by atoms with van der Waals surface area (Å²) in [5.74, 6) is 0. The summed E-state index contributed by atoms with van der Waals surface area (Å²) in [4.78, 5) is 3.13. The molecular formula is C12H14N4OS. The zero-order chi connectivity index (χ0) is 13.0. The number of fused-ring (bicyclic) bond motifs is 1. The Morgan fingerprint density at radius 2 is 2.44 bits per heavy atom. The Balaban J connectivity index is 2.25. The number of aliphatic hydroxyl groups is 1. The van der Waals surface area contributed by atoms with Gasteiger partial charge in [-0.25, -0.2) is 0 Å². The monoisotopic (exact) mass is 262 g/mol. The summed E-state index contributed by atoms with van der Waals surface area (Å²) in [6.07, 6.45) is 5.31. The minimum Gasteiger partial charge on any atom is -0.392 e. The third-order valence-electron chi connectivity index (χ3n) is 2.53. The van der Waals surface area contributed by atoms with E-state index in [-0.39, 0.29) is 6.61 Å². The third kappa shape index (κ3) is 2.72. The van der Waals surface area contributed by atoms with E-state index < -0.39 is 0 Å². The molecule has 0 fully saturated rings. The van der Waals surface area contributed by atoms with Crippen molar-refractivity contribution in [2.45, 2.75) is 6.61 Å². The Hall–Kier alpha value is -1.79. The number of benzene rings is 1. The normalized spacial score (nSPS) is 11.2. The summed E-state index contributed by atoms with van der Waals surface area (Å²) in [6.45, 7) is 0.0209. The van der Waals surface area contributed by atoms with Crippen LogP contribution in [0.5, 0.6) is 0 Å². The lowest BCUT2D eigenvalue weighted by Gasteiger charge is -1.98. The standard InChI is InChI=1S/C12H14N4OS/c1-18-12(13)16-15-6-9-5-14-11-3-2-8(7-17)4-10(9)11/h2-6,14,17H,7H2,1H3,(H2,13,16)/b15-6+. The fraction of sp³-hybridized carbons (Fsp3) is 0.167. The molecule has 2 aromatic rings. The number of aliphatic hydroxyl groups excluding tert-OH is 1. The molecule has 94 valence electrons. The van der Waals surface area contributed by atoms with Crippen molar-refractivity contribution < 1.29 is 5.11 Å². The molecule has 2 rings (SSSR count). The summed E-state index contributed by atoms with van der Waals surface area (Å²) in [6, 6.07) is 5.73. The van der Waals surface area contributed by atoms with Crippen molar-refractivity contribution in [2.24, 2.45) is 5.10 Å². The highest BCUT2D eigenvalue weighted by Gasteiger charge is 2.02. The fourth-order valence-corrected chi connectivity index (χ4v) is 1.74. The molecular weight excluding hydrogens is 248 g/mol. The molecule has 1 heterocycles. The van der Waals surface area contributed by atoms with Gasteiger partial charge in [0.2, 0.25) is 0 Å². The number of thioether (sulfide) groups is 1. The highest BCUT2D eigenvalue weighted by Crippen LogP contribution is 2.18. The molecule has 0 unspecified atom stereocenters. The van der Waals surface area contributed by atoms with Gasteiger partial charge in [-0.2, -0.15) is 5.10 Å². The second kappa shape index (κ2) is 5.70. The van der Waals surface area contributed by atoms with E-state index in [0.29, 0.717) is 5.17 Å². The van der Waals surface area contributed by atoms with Gasteiger partial charge in [0.25, 0.3) is 0 Å². The highest BCUT2D eigenvalue weighted by molar-refractivity contribution is 8.13. The number of nitrogens with one attached hydrogen (secondary N) is 3. The molecule has 6 heteroatoms. The molecule has 0 aliphatic heterocycles. The van der Waals surface area contributed by atoms with Gasteiger partial charge in [-0.15, -0.1) is 0 Å². The average Bonchev–Trinajstić information content (AvgIpc) is 2.81. The van der Waals surface area contributed by atoms with Gasteiger partial charge in [0.15, 0.2) is 5.17 Å². The van der Waals surface area contributed by atoms with Crippen molar-refractivity contribution in [2.75, 3.05) is 6.26 Å². The van der Waals surface area contributed by atoms with Gasteiger partial charge in [0.05, 0.1) is 12.8 Å². The first kappa shape index (κ1) is 12.7. The summed E-state index contributed by atoms with van der Waals surface area (Å²) >= 11 is 1.29. The Bertz CT molecular complexity index is 591. The second-order valence-corrected chi connectivity index (χ2v) is 4.50. The molecule has 5 nitrogen and oxygen atoms in total. The molecule has 0 saturated heterocycles. The van der Waals surface area contributed by atoms with Gasteiger partial charge in [-0.05, 0) is 24.0 Å². The minimum absolute atomic E-state index is 0.0209. The molecule has 0 atom stereocenters. The van der Waals surface area contributed by atoms with Crippen molar-refractivity contribution in [3.05, 3.63) is 35.5 Å². The number of amidine groups is 1. The van der Waals surface area contributed by atoms with Crippen molar-refractivity contribution >= 4 is 34.0 Å². The number of aromatic amines is 1. The van der Waals surface area contributed by atoms with Crippen molar-refractivity contribution in [1.82, 2.24) is 10.4 Å². The number of H-pyrrole nitrogens is 1. The van der Waals surface area contributed by atoms with E-state index in [1.165, 1.54) is 11.8 Å². The summed E-state index contributed by atoms with van der Waals surface area (Å²) in [5.41, 5.74) is 5.39.